The maximum Gasteiger partial charge on any atom is 0.273 e. The highest BCUT2D eigenvalue weighted by Crippen LogP contribution is 2.20. The molecule has 1 aliphatic rings. The molecule has 1 aromatic heterocycles. The summed E-state index contributed by atoms with van der Waals surface area (Å²) in [6.07, 6.45) is 7.78. The van der Waals surface area contributed by atoms with E-state index < -0.39 is 0 Å². The van der Waals surface area contributed by atoms with E-state index in [0.717, 1.165) is 25.8 Å². The Morgan fingerprint density at radius 2 is 2.47 bits per heavy atom. The number of amides is 1. The maximum atomic E-state index is 12.4. The highest BCUT2D eigenvalue weighted by molar-refractivity contribution is 7.07. The van der Waals surface area contributed by atoms with Crippen molar-refractivity contribution in [3.05, 3.63) is 28.7 Å². The SMILES string of the molecule is COCCN(C[C@H]1CC=CCC1)C(=O)c1cscn1. The molecule has 5 heteroatoms. The molecule has 0 aromatic carbocycles. The van der Waals surface area contributed by atoms with Gasteiger partial charge in [0.2, 0.25) is 0 Å². The van der Waals surface area contributed by atoms with Crippen molar-refractivity contribution in [3.8, 4) is 0 Å². The third-order valence-electron chi connectivity index (χ3n) is 3.36. The lowest BCUT2D eigenvalue weighted by molar-refractivity contribution is 0.0653. The fraction of sp³-hybridized carbons (Fsp3) is 0.571. The van der Waals surface area contributed by atoms with E-state index in [4.69, 9.17) is 4.74 Å². The monoisotopic (exact) mass is 280 g/mol. The number of aromatic nitrogens is 1. The van der Waals surface area contributed by atoms with Gasteiger partial charge in [0.05, 0.1) is 12.1 Å². The Hall–Kier alpha value is -1.20. The molecule has 0 saturated carbocycles. The molecule has 1 atom stereocenters. The van der Waals surface area contributed by atoms with Crippen molar-refractivity contribution in [2.45, 2.75) is 19.3 Å². The van der Waals surface area contributed by atoms with Crippen LogP contribution in [0.25, 0.3) is 0 Å². The molecular formula is C14H20N2O2S. The van der Waals surface area contributed by atoms with E-state index in [9.17, 15) is 4.79 Å². The van der Waals surface area contributed by atoms with Crippen molar-refractivity contribution in [3.63, 3.8) is 0 Å². The molecule has 0 spiro atoms. The molecule has 0 bridgehead atoms. The first kappa shape index (κ1) is 14.2. The highest BCUT2D eigenvalue weighted by Gasteiger charge is 2.21. The summed E-state index contributed by atoms with van der Waals surface area (Å²) in [6.45, 7) is 2.00. The number of carbonyl (C=O) groups is 1. The van der Waals surface area contributed by atoms with Gasteiger partial charge < -0.3 is 9.64 Å². The molecular weight excluding hydrogens is 260 g/mol. The second kappa shape index (κ2) is 7.40. The van der Waals surface area contributed by atoms with Gasteiger partial charge in [-0.05, 0) is 25.2 Å². The molecule has 0 N–H and O–H groups in total. The first-order valence-corrected chi connectivity index (χ1v) is 7.57. The first-order chi connectivity index (χ1) is 9.31. The summed E-state index contributed by atoms with van der Waals surface area (Å²) in [6, 6.07) is 0. The van der Waals surface area contributed by atoms with Gasteiger partial charge in [-0.1, -0.05) is 12.2 Å². The average Bonchev–Trinajstić information content (AvgIpc) is 2.98. The minimum absolute atomic E-state index is 0.0212. The Balaban J connectivity index is 1.98. The molecule has 4 nitrogen and oxygen atoms in total. The summed E-state index contributed by atoms with van der Waals surface area (Å²) in [4.78, 5) is 18.4. The van der Waals surface area contributed by atoms with Crippen LogP contribution in [0, 0.1) is 5.92 Å². The predicted octanol–water partition coefficient (Wildman–Crippen LogP) is 2.59. The van der Waals surface area contributed by atoms with Crippen LogP contribution in [0.5, 0.6) is 0 Å². The van der Waals surface area contributed by atoms with Gasteiger partial charge in [-0.15, -0.1) is 11.3 Å². The molecule has 104 valence electrons. The van der Waals surface area contributed by atoms with Crippen molar-refractivity contribution >= 4 is 17.2 Å². The van der Waals surface area contributed by atoms with Crippen LogP contribution in [0.3, 0.4) is 0 Å². The van der Waals surface area contributed by atoms with Crippen LogP contribution >= 0.6 is 11.3 Å². The number of methoxy groups -OCH3 is 1. The second-order valence-corrected chi connectivity index (χ2v) is 5.49. The summed E-state index contributed by atoms with van der Waals surface area (Å²) < 4.78 is 5.10. The normalized spacial score (nSPS) is 18.5. The Morgan fingerprint density at radius 3 is 3.11 bits per heavy atom. The summed E-state index contributed by atoms with van der Waals surface area (Å²) in [5, 5.41) is 1.81. The number of allylic oxidation sites excluding steroid dienone is 2. The van der Waals surface area contributed by atoms with E-state index in [0.29, 0.717) is 24.8 Å². The fourth-order valence-electron chi connectivity index (χ4n) is 2.29. The molecule has 0 fully saturated rings. The number of rotatable bonds is 6. The molecule has 0 saturated heterocycles. The first-order valence-electron chi connectivity index (χ1n) is 6.62. The van der Waals surface area contributed by atoms with Gasteiger partial charge in [0.25, 0.3) is 5.91 Å². The number of carbonyl (C=O) groups excluding carboxylic acids is 1. The van der Waals surface area contributed by atoms with E-state index in [1.54, 1.807) is 12.6 Å². The van der Waals surface area contributed by atoms with Gasteiger partial charge in [0.15, 0.2) is 0 Å². The number of thiazole rings is 1. The van der Waals surface area contributed by atoms with Crippen molar-refractivity contribution in [1.29, 1.82) is 0 Å². The van der Waals surface area contributed by atoms with E-state index >= 15 is 0 Å². The highest BCUT2D eigenvalue weighted by atomic mass is 32.1. The Morgan fingerprint density at radius 1 is 1.58 bits per heavy atom. The van der Waals surface area contributed by atoms with Crippen molar-refractivity contribution in [1.82, 2.24) is 9.88 Å². The standard InChI is InChI=1S/C14H20N2O2S/c1-18-8-7-16(9-12-5-3-2-4-6-12)14(17)13-10-19-11-15-13/h2-3,10-12H,4-9H2,1H3/t12-/m0/s1. The van der Waals surface area contributed by atoms with E-state index in [-0.39, 0.29) is 5.91 Å². The lowest BCUT2D eigenvalue weighted by atomic mass is 9.94. The van der Waals surface area contributed by atoms with Gasteiger partial charge in [-0.25, -0.2) is 4.98 Å². The van der Waals surface area contributed by atoms with Gasteiger partial charge >= 0.3 is 0 Å². The average molecular weight is 280 g/mol. The largest absolute Gasteiger partial charge is 0.383 e. The third kappa shape index (κ3) is 4.14. The van der Waals surface area contributed by atoms with Crippen molar-refractivity contribution in [2.24, 2.45) is 5.92 Å². The van der Waals surface area contributed by atoms with Gasteiger partial charge in [0.1, 0.15) is 5.69 Å². The smallest absolute Gasteiger partial charge is 0.273 e. The Kier molecular flexibility index (Phi) is 5.54. The van der Waals surface area contributed by atoms with Crippen LogP contribution < -0.4 is 0 Å². The lowest BCUT2D eigenvalue weighted by Gasteiger charge is -2.27. The van der Waals surface area contributed by atoms with Crippen LogP contribution in [-0.2, 0) is 4.74 Å². The predicted molar refractivity (Wildman–Crippen MR) is 76.4 cm³/mol. The molecule has 0 unspecified atom stereocenters. The maximum absolute atomic E-state index is 12.4. The zero-order valence-electron chi connectivity index (χ0n) is 11.2. The van der Waals surface area contributed by atoms with Gasteiger partial charge in [-0.3, -0.25) is 4.79 Å². The Labute approximate surface area is 118 Å². The zero-order chi connectivity index (χ0) is 13.5. The molecule has 2 rings (SSSR count). The quantitative estimate of drug-likeness (QED) is 0.752. The summed E-state index contributed by atoms with van der Waals surface area (Å²) in [7, 11) is 1.66. The van der Waals surface area contributed by atoms with Gasteiger partial charge in [-0.2, -0.15) is 0 Å². The van der Waals surface area contributed by atoms with Crippen LogP contribution in [0.2, 0.25) is 0 Å². The summed E-state index contributed by atoms with van der Waals surface area (Å²) in [5.41, 5.74) is 2.25. The molecule has 1 aromatic rings. The van der Waals surface area contributed by atoms with Crippen molar-refractivity contribution < 1.29 is 9.53 Å². The summed E-state index contributed by atoms with van der Waals surface area (Å²) >= 11 is 1.45. The Bertz CT molecular complexity index is 417. The molecule has 1 amide bonds. The number of hydrogen-bond acceptors (Lipinski definition) is 4. The third-order valence-corrected chi connectivity index (χ3v) is 3.95. The van der Waals surface area contributed by atoms with Crippen LogP contribution in [-0.4, -0.2) is 42.6 Å². The van der Waals surface area contributed by atoms with E-state index in [2.05, 4.69) is 17.1 Å². The minimum Gasteiger partial charge on any atom is -0.383 e. The van der Waals surface area contributed by atoms with Crippen molar-refractivity contribution in [2.75, 3.05) is 26.8 Å². The van der Waals surface area contributed by atoms with Crippen LogP contribution in [0.15, 0.2) is 23.0 Å². The summed E-state index contributed by atoms with van der Waals surface area (Å²) in [5.74, 6) is 0.581. The topological polar surface area (TPSA) is 42.4 Å². The molecule has 1 heterocycles. The minimum atomic E-state index is 0.0212. The zero-order valence-corrected chi connectivity index (χ0v) is 12.1. The van der Waals surface area contributed by atoms with E-state index in [1.165, 1.54) is 11.3 Å². The number of hydrogen-bond donors (Lipinski definition) is 0. The van der Waals surface area contributed by atoms with Crippen LogP contribution in [0.4, 0.5) is 0 Å². The van der Waals surface area contributed by atoms with E-state index in [1.807, 2.05) is 10.3 Å². The number of ether oxygens (including phenoxy) is 1. The molecule has 19 heavy (non-hydrogen) atoms. The van der Waals surface area contributed by atoms with Gasteiger partial charge in [0, 0.05) is 25.6 Å². The molecule has 1 aliphatic carbocycles. The number of nitrogens with zero attached hydrogens (tertiary/aromatic N) is 2. The molecule has 0 radical (unpaired) electrons. The van der Waals surface area contributed by atoms with Crippen LogP contribution in [0.1, 0.15) is 29.8 Å². The molecule has 0 aliphatic heterocycles. The second-order valence-electron chi connectivity index (χ2n) is 4.77. The lowest BCUT2D eigenvalue weighted by Crippen LogP contribution is -2.38. The fourth-order valence-corrected chi connectivity index (χ4v) is 2.82.